The van der Waals surface area contributed by atoms with Gasteiger partial charge in [0.1, 0.15) is 0 Å². The summed E-state index contributed by atoms with van der Waals surface area (Å²) in [6.07, 6.45) is 11.2. The fraction of sp³-hybridized carbons (Fsp3) is 0.733. The molecule has 0 aromatic heterocycles. The van der Waals surface area contributed by atoms with Gasteiger partial charge < -0.3 is 15.7 Å². The van der Waals surface area contributed by atoms with Gasteiger partial charge in [0.05, 0.1) is 5.41 Å². The molecule has 0 bridgehead atoms. The van der Waals surface area contributed by atoms with Gasteiger partial charge in [0.15, 0.2) is 0 Å². The number of carboxylic acid groups (broad SMARTS) is 1. The Balaban J connectivity index is 1.84. The fourth-order valence-electron chi connectivity index (χ4n) is 3.09. The summed E-state index contributed by atoms with van der Waals surface area (Å²) in [6, 6.07) is -0.0894. The molecule has 2 amide bonds. The second kappa shape index (κ2) is 6.77. The Labute approximate surface area is 119 Å². The maximum absolute atomic E-state index is 11.8. The highest BCUT2D eigenvalue weighted by molar-refractivity contribution is 5.78. The molecule has 0 aromatic carbocycles. The molecule has 0 saturated heterocycles. The minimum absolute atomic E-state index is 0.157. The number of carbonyl (C=O) groups is 2. The van der Waals surface area contributed by atoms with Crippen LogP contribution in [0.2, 0.25) is 0 Å². The number of carboxylic acids is 1. The maximum Gasteiger partial charge on any atom is 0.315 e. The predicted molar refractivity (Wildman–Crippen MR) is 76.5 cm³/mol. The zero-order chi connectivity index (χ0) is 14.4. The summed E-state index contributed by atoms with van der Waals surface area (Å²) in [5.41, 5.74) is -0.776. The van der Waals surface area contributed by atoms with E-state index >= 15 is 0 Å². The first-order valence-electron chi connectivity index (χ1n) is 7.55. The molecule has 3 N–H and O–H groups in total. The first-order chi connectivity index (χ1) is 9.62. The second-order valence-corrected chi connectivity index (χ2v) is 5.97. The molecule has 20 heavy (non-hydrogen) atoms. The van der Waals surface area contributed by atoms with E-state index in [1.165, 1.54) is 0 Å². The first kappa shape index (κ1) is 14.9. The number of amides is 2. The Morgan fingerprint density at radius 3 is 2.25 bits per heavy atom. The molecule has 0 aromatic rings. The SMILES string of the molecule is O=C(NCC1(C(=O)O)CCCCCC1)NC1CC=CC1. The summed E-state index contributed by atoms with van der Waals surface area (Å²) in [6.45, 7) is 0.230. The van der Waals surface area contributed by atoms with E-state index in [0.717, 1.165) is 38.5 Å². The molecule has 2 aliphatic carbocycles. The van der Waals surface area contributed by atoms with E-state index in [-0.39, 0.29) is 18.6 Å². The van der Waals surface area contributed by atoms with Crippen molar-refractivity contribution in [2.24, 2.45) is 5.41 Å². The summed E-state index contributed by atoms with van der Waals surface area (Å²) in [5.74, 6) is -0.776. The fourth-order valence-corrected chi connectivity index (χ4v) is 3.09. The average molecular weight is 280 g/mol. The molecular weight excluding hydrogens is 256 g/mol. The highest BCUT2D eigenvalue weighted by atomic mass is 16.4. The van der Waals surface area contributed by atoms with Gasteiger partial charge in [-0.1, -0.05) is 37.8 Å². The van der Waals surface area contributed by atoms with Crippen LogP contribution in [0.3, 0.4) is 0 Å². The van der Waals surface area contributed by atoms with Crippen LogP contribution in [0, 0.1) is 5.41 Å². The summed E-state index contributed by atoms with van der Waals surface area (Å²) in [4.78, 5) is 23.5. The van der Waals surface area contributed by atoms with Crippen LogP contribution in [-0.2, 0) is 4.79 Å². The van der Waals surface area contributed by atoms with Crippen LogP contribution < -0.4 is 10.6 Å². The van der Waals surface area contributed by atoms with E-state index in [2.05, 4.69) is 22.8 Å². The average Bonchev–Trinajstić information content (AvgIpc) is 2.79. The minimum atomic E-state index is -0.776. The summed E-state index contributed by atoms with van der Waals surface area (Å²) in [5, 5.41) is 15.2. The number of carbonyl (C=O) groups excluding carboxylic acids is 1. The smallest absolute Gasteiger partial charge is 0.315 e. The first-order valence-corrected chi connectivity index (χ1v) is 7.55. The number of hydrogen-bond donors (Lipinski definition) is 3. The van der Waals surface area contributed by atoms with Crippen LogP contribution in [0.1, 0.15) is 51.4 Å². The lowest BCUT2D eigenvalue weighted by atomic mass is 9.80. The lowest BCUT2D eigenvalue weighted by molar-refractivity contribution is -0.149. The quantitative estimate of drug-likeness (QED) is 0.546. The molecule has 1 saturated carbocycles. The van der Waals surface area contributed by atoms with E-state index < -0.39 is 11.4 Å². The Morgan fingerprint density at radius 1 is 1.10 bits per heavy atom. The van der Waals surface area contributed by atoms with Crippen LogP contribution >= 0.6 is 0 Å². The van der Waals surface area contributed by atoms with Gasteiger partial charge >= 0.3 is 12.0 Å². The topological polar surface area (TPSA) is 78.4 Å². The number of urea groups is 1. The van der Waals surface area contributed by atoms with E-state index in [1.54, 1.807) is 0 Å². The van der Waals surface area contributed by atoms with Crippen molar-refractivity contribution in [2.45, 2.75) is 57.4 Å². The normalized spacial score (nSPS) is 22.2. The standard InChI is InChI=1S/C15H24N2O3/c18-13(19)15(9-5-1-2-6-10-15)11-16-14(20)17-12-7-3-4-8-12/h3-4,12H,1-2,5-11H2,(H,18,19)(H2,16,17,20). The van der Waals surface area contributed by atoms with Crippen molar-refractivity contribution in [1.29, 1.82) is 0 Å². The molecule has 1 fully saturated rings. The Morgan fingerprint density at radius 2 is 1.70 bits per heavy atom. The van der Waals surface area contributed by atoms with Gasteiger partial charge in [-0.05, 0) is 25.7 Å². The van der Waals surface area contributed by atoms with Crippen molar-refractivity contribution in [3.05, 3.63) is 12.2 Å². The highest BCUT2D eigenvalue weighted by Crippen LogP contribution is 2.34. The maximum atomic E-state index is 11.8. The van der Waals surface area contributed by atoms with Crippen LogP contribution in [-0.4, -0.2) is 29.7 Å². The van der Waals surface area contributed by atoms with Gasteiger partial charge in [-0.15, -0.1) is 0 Å². The van der Waals surface area contributed by atoms with Crippen molar-refractivity contribution < 1.29 is 14.7 Å². The van der Waals surface area contributed by atoms with Crippen molar-refractivity contribution in [1.82, 2.24) is 10.6 Å². The Hall–Kier alpha value is -1.52. The van der Waals surface area contributed by atoms with Crippen LogP contribution in [0.5, 0.6) is 0 Å². The van der Waals surface area contributed by atoms with E-state index in [0.29, 0.717) is 12.8 Å². The molecule has 2 aliphatic rings. The molecule has 112 valence electrons. The van der Waals surface area contributed by atoms with Crippen molar-refractivity contribution in [3.63, 3.8) is 0 Å². The molecule has 0 heterocycles. The molecule has 0 aliphatic heterocycles. The Kier molecular flexibility index (Phi) is 5.04. The molecule has 0 unspecified atom stereocenters. The summed E-state index contributed by atoms with van der Waals surface area (Å²) >= 11 is 0. The van der Waals surface area contributed by atoms with Gasteiger partial charge in [0.25, 0.3) is 0 Å². The van der Waals surface area contributed by atoms with Crippen molar-refractivity contribution in [3.8, 4) is 0 Å². The third-order valence-electron chi connectivity index (χ3n) is 4.44. The third kappa shape index (κ3) is 3.74. The molecule has 5 heteroatoms. The largest absolute Gasteiger partial charge is 0.481 e. The van der Waals surface area contributed by atoms with Gasteiger partial charge in [0, 0.05) is 12.6 Å². The zero-order valence-electron chi connectivity index (χ0n) is 11.9. The number of nitrogens with one attached hydrogen (secondary N) is 2. The minimum Gasteiger partial charge on any atom is -0.481 e. The van der Waals surface area contributed by atoms with Crippen LogP contribution in [0.4, 0.5) is 4.79 Å². The summed E-state index contributed by atoms with van der Waals surface area (Å²) in [7, 11) is 0. The van der Waals surface area contributed by atoms with Crippen molar-refractivity contribution >= 4 is 12.0 Å². The van der Waals surface area contributed by atoms with E-state index in [4.69, 9.17) is 0 Å². The number of aliphatic carboxylic acids is 1. The monoisotopic (exact) mass is 280 g/mol. The molecular formula is C15H24N2O3. The van der Waals surface area contributed by atoms with E-state index in [1.807, 2.05) is 0 Å². The Bertz CT molecular complexity index is 377. The lowest BCUT2D eigenvalue weighted by Gasteiger charge is -2.28. The van der Waals surface area contributed by atoms with Gasteiger partial charge in [-0.25, -0.2) is 4.79 Å². The predicted octanol–water partition coefficient (Wildman–Crippen LogP) is 2.43. The zero-order valence-corrected chi connectivity index (χ0v) is 11.9. The molecule has 0 radical (unpaired) electrons. The lowest BCUT2D eigenvalue weighted by Crippen LogP contribution is -2.48. The van der Waals surface area contributed by atoms with Gasteiger partial charge in [-0.2, -0.15) is 0 Å². The van der Waals surface area contributed by atoms with Crippen molar-refractivity contribution in [2.75, 3.05) is 6.54 Å². The molecule has 2 rings (SSSR count). The number of rotatable bonds is 4. The van der Waals surface area contributed by atoms with Gasteiger partial charge in [0.2, 0.25) is 0 Å². The molecule has 0 spiro atoms. The summed E-state index contributed by atoms with van der Waals surface area (Å²) < 4.78 is 0. The van der Waals surface area contributed by atoms with Gasteiger partial charge in [-0.3, -0.25) is 4.79 Å². The third-order valence-corrected chi connectivity index (χ3v) is 4.44. The molecule has 0 atom stereocenters. The second-order valence-electron chi connectivity index (χ2n) is 5.97. The molecule has 5 nitrogen and oxygen atoms in total. The van der Waals surface area contributed by atoms with Crippen LogP contribution in [0.15, 0.2) is 12.2 Å². The highest BCUT2D eigenvalue weighted by Gasteiger charge is 2.38. The van der Waals surface area contributed by atoms with E-state index in [9.17, 15) is 14.7 Å². The van der Waals surface area contributed by atoms with Crippen LogP contribution in [0.25, 0.3) is 0 Å². The number of hydrogen-bond acceptors (Lipinski definition) is 2.